The SMILES string of the molecule is C[C@@H](Sc1nnc(-c2cccc([N+](=O)[O-])c2)o1)C(=O)Nc1cccnc1Cl. The molecule has 0 aliphatic carbocycles. The molecule has 1 atom stereocenters. The maximum absolute atomic E-state index is 12.3. The fourth-order valence-corrected chi connectivity index (χ4v) is 2.89. The van der Waals surface area contributed by atoms with Gasteiger partial charge >= 0.3 is 0 Å². The van der Waals surface area contributed by atoms with Crippen LogP contribution in [0.3, 0.4) is 0 Å². The second kappa shape index (κ2) is 8.14. The number of hydrogen-bond acceptors (Lipinski definition) is 8. The third-order valence-electron chi connectivity index (χ3n) is 3.37. The number of halogens is 1. The van der Waals surface area contributed by atoms with Crippen molar-refractivity contribution in [1.29, 1.82) is 0 Å². The van der Waals surface area contributed by atoms with Crippen molar-refractivity contribution in [2.45, 2.75) is 17.4 Å². The van der Waals surface area contributed by atoms with Crippen LogP contribution in [0.2, 0.25) is 5.15 Å². The van der Waals surface area contributed by atoms with Gasteiger partial charge in [0.15, 0.2) is 5.15 Å². The number of nitrogens with one attached hydrogen (secondary N) is 1. The smallest absolute Gasteiger partial charge is 0.277 e. The summed E-state index contributed by atoms with van der Waals surface area (Å²) in [7, 11) is 0. The van der Waals surface area contributed by atoms with E-state index in [9.17, 15) is 14.9 Å². The first-order chi connectivity index (χ1) is 12.9. The summed E-state index contributed by atoms with van der Waals surface area (Å²) in [6, 6.07) is 9.14. The van der Waals surface area contributed by atoms with Crippen LogP contribution < -0.4 is 5.32 Å². The van der Waals surface area contributed by atoms with E-state index in [0.717, 1.165) is 11.8 Å². The minimum atomic E-state index is -0.556. The van der Waals surface area contributed by atoms with Gasteiger partial charge in [0, 0.05) is 23.9 Å². The lowest BCUT2D eigenvalue weighted by Crippen LogP contribution is -2.22. The van der Waals surface area contributed by atoms with Crippen LogP contribution in [-0.2, 0) is 4.79 Å². The van der Waals surface area contributed by atoms with Crippen molar-refractivity contribution >= 4 is 40.6 Å². The zero-order valence-electron chi connectivity index (χ0n) is 13.8. The van der Waals surface area contributed by atoms with Gasteiger partial charge in [0.25, 0.3) is 10.9 Å². The fourth-order valence-electron chi connectivity index (χ4n) is 2.04. The van der Waals surface area contributed by atoms with Crippen LogP contribution in [-0.4, -0.2) is 31.3 Å². The Bertz CT molecular complexity index is 996. The summed E-state index contributed by atoms with van der Waals surface area (Å²) >= 11 is 6.97. The quantitative estimate of drug-likeness (QED) is 0.284. The van der Waals surface area contributed by atoms with E-state index in [2.05, 4.69) is 20.5 Å². The lowest BCUT2D eigenvalue weighted by atomic mass is 10.2. The molecular formula is C16H12ClN5O4S. The molecule has 1 amide bonds. The Morgan fingerprint density at radius 3 is 2.89 bits per heavy atom. The standard InChI is InChI=1S/C16H12ClN5O4S/c1-9(14(23)19-12-6-3-7-18-13(12)17)27-16-21-20-15(26-16)10-4-2-5-11(8-10)22(24)25/h2-9H,1H3,(H,19,23)/t9-/m1/s1. The minimum Gasteiger partial charge on any atom is -0.411 e. The average Bonchev–Trinajstić information content (AvgIpc) is 3.12. The molecule has 0 bridgehead atoms. The van der Waals surface area contributed by atoms with Gasteiger partial charge in [0.1, 0.15) is 0 Å². The first kappa shape index (κ1) is 18.8. The number of nitrogens with zero attached hydrogens (tertiary/aromatic N) is 4. The minimum absolute atomic E-state index is 0.0824. The molecule has 27 heavy (non-hydrogen) atoms. The Kier molecular flexibility index (Phi) is 5.67. The molecule has 2 aromatic heterocycles. The number of rotatable bonds is 6. The van der Waals surface area contributed by atoms with Gasteiger partial charge in [-0.3, -0.25) is 14.9 Å². The lowest BCUT2D eigenvalue weighted by Gasteiger charge is -2.10. The van der Waals surface area contributed by atoms with E-state index in [4.69, 9.17) is 16.0 Å². The van der Waals surface area contributed by atoms with Crippen LogP contribution in [0.4, 0.5) is 11.4 Å². The molecule has 0 aliphatic rings. The zero-order chi connectivity index (χ0) is 19.4. The monoisotopic (exact) mass is 405 g/mol. The molecule has 9 nitrogen and oxygen atoms in total. The van der Waals surface area contributed by atoms with Crippen LogP contribution in [0, 0.1) is 10.1 Å². The van der Waals surface area contributed by atoms with Gasteiger partial charge in [-0.25, -0.2) is 4.98 Å². The van der Waals surface area contributed by atoms with Gasteiger partial charge in [-0.2, -0.15) is 0 Å². The summed E-state index contributed by atoms with van der Waals surface area (Å²) in [5.74, 6) is -0.186. The normalized spacial score (nSPS) is 11.8. The summed E-state index contributed by atoms with van der Waals surface area (Å²) in [6.07, 6.45) is 1.52. The number of carbonyl (C=O) groups is 1. The Morgan fingerprint density at radius 1 is 1.33 bits per heavy atom. The number of thioether (sulfide) groups is 1. The topological polar surface area (TPSA) is 124 Å². The molecule has 138 valence electrons. The van der Waals surface area contributed by atoms with E-state index < -0.39 is 10.2 Å². The van der Waals surface area contributed by atoms with Gasteiger partial charge in [-0.05, 0) is 25.1 Å². The van der Waals surface area contributed by atoms with E-state index in [1.807, 2.05) is 0 Å². The molecule has 0 saturated heterocycles. The van der Waals surface area contributed by atoms with Crippen molar-refractivity contribution in [2.75, 3.05) is 5.32 Å². The Balaban J connectivity index is 1.68. The van der Waals surface area contributed by atoms with Crippen molar-refractivity contribution in [2.24, 2.45) is 0 Å². The molecule has 11 heteroatoms. The third-order valence-corrected chi connectivity index (χ3v) is 4.61. The van der Waals surface area contributed by atoms with Crippen molar-refractivity contribution in [3.63, 3.8) is 0 Å². The highest BCUT2D eigenvalue weighted by Gasteiger charge is 2.20. The number of nitro groups is 1. The number of nitro benzene ring substituents is 1. The van der Waals surface area contributed by atoms with E-state index >= 15 is 0 Å². The summed E-state index contributed by atoms with van der Waals surface area (Å²) in [6.45, 7) is 1.67. The van der Waals surface area contributed by atoms with Crippen LogP contribution in [0.25, 0.3) is 11.5 Å². The van der Waals surface area contributed by atoms with Crippen LogP contribution in [0.1, 0.15) is 6.92 Å². The number of anilines is 1. The molecule has 0 aliphatic heterocycles. The molecule has 0 radical (unpaired) electrons. The molecule has 3 aromatic rings. The van der Waals surface area contributed by atoms with E-state index in [0.29, 0.717) is 11.3 Å². The number of benzene rings is 1. The summed E-state index contributed by atoms with van der Waals surface area (Å²) < 4.78 is 5.50. The molecule has 3 rings (SSSR count). The largest absolute Gasteiger partial charge is 0.411 e. The number of amides is 1. The first-order valence-corrected chi connectivity index (χ1v) is 8.86. The number of carbonyl (C=O) groups excluding carboxylic acids is 1. The van der Waals surface area contributed by atoms with Crippen molar-refractivity contribution in [3.05, 3.63) is 57.9 Å². The molecule has 0 spiro atoms. The fraction of sp³-hybridized carbons (Fsp3) is 0.125. The number of aromatic nitrogens is 3. The first-order valence-electron chi connectivity index (χ1n) is 7.60. The summed E-state index contributed by atoms with van der Waals surface area (Å²) in [5, 5.41) is 21.1. The van der Waals surface area contributed by atoms with Gasteiger partial charge in [-0.15, -0.1) is 10.2 Å². The van der Waals surface area contributed by atoms with Gasteiger partial charge in [-0.1, -0.05) is 29.4 Å². The Morgan fingerprint density at radius 2 is 2.15 bits per heavy atom. The number of non-ortho nitro benzene ring substituents is 1. The highest BCUT2D eigenvalue weighted by molar-refractivity contribution is 8.00. The maximum Gasteiger partial charge on any atom is 0.277 e. The van der Waals surface area contributed by atoms with Gasteiger partial charge < -0.3 is 9.73 Å². The second-order valence-electron chi connectivity index (χ2n) is 5.27. The van der Waals surface area contributed by atoms with Crippen LogP contribution in [0.15, 0.2) is 52.2 Å². The number of hydrogen-bond donors (Lipinski definition) is 1. The Labute approximate surface area is 162 Å². The molecule has 2 heterocycles. The third kappa shape index (κ3) is 4.60. The molecule has 0 saturated carbocycles. The predicted octanol–water partition coefficient (Wildman–Crippen LogP) is 3.81. The van der Waals surface area contributed by atoms with Crippen LogP contribution in [0.5, 0.6) is 0 Å². The molecule has 0 unspecified atom stereocenters. The van der Waals surface area contributed by atoms with Gasteiger partial charge in [0.05, 0.1) is 15.9 Å². The molecular weight excluding hydrogens is 394 g/mol. The number of pyridine rings is 1. The van der Waals surface area contributed by atoms with E-state index in [1.165, 1.54) is 24.4 Å². The van der Waals surface area contributed by atoms with Gasteiger partial charge in [0.2, 0.25) is 11.8 Å². The van der Waals surface area contributed by atoms with Crippen molar-refractivity contribution in [1.82, 2.24) is 15.2 Å². The van der Waals surface area contributed by atoms with E-state index in [-0.39, 0.29) is 27.9 Å². The highest BCUT2D eigenvalue weighted by atomic mass is 35.5. The highest BCUT2D eigenvalue weighted by Crippen LogP contribution is 2.28. The second-order valence-corrected chi connectivity index (χ2v) is 6.92. The predicted molar refractivity (Wildman–Crippen MR) is 99.6 cm³/mol. The molecule has 1 aromatic carbocycles. The van der Waals surface area contributed by atoms with E-state index in [1.54, 1.807) is 25.1 Å². The molecule has 1 N–H and O–H groups in total. The lowest BCUT2D eigenvalue weighted by molar-refractivity contribution is -0.384. The van der Waals surface area contributed by atoms with Crippen molar-refractivity contribution < 1.29 is 14.1 Å². The maximum atomic E-state index is 12.3. The molecule has 0 fully saturated rings. The summed E-state index contributed by atoms with van der Waals surface area (Å²) in [4.78, 5) is 26.5. The zero-order valence-corrected chi connectivity index (χ0v) is 15.4. The average molecular weight is 406 g/mol. The van der Waals surface area contributed by atoms with Crippen molar-refractivity contribution in [3.8, 4) is 11.5 Å². The summed E-state index contributed by atoms with van der Waals surface area (Å²) in [5.41, 5.74) is 0.739. The Hall–Kier alpha value is -2.98. The van der Waals surface area contributed by atoms with Crippen LogP contribution >= 0.6 is 23.4 Å².